The van der Waals surface area contributed by atoms with Crippen LogP contribution in [-0.4, -0.2) is 37.3 Å². The molecule has 2 rings (SSSR count). The monoisotopic (exact) mass is 303 g/mol. The zero-order valence-electron chi connectivity index (χ0n) is 13.3. The molecule has 0 unspecified atom stereocenters. The first-order chi connectivity index (χ1) is 10.7. The van der Waals surface area contributed by atoms with Crippen LogP contribution in [-0.2, 0) is 6.42 Å². The van der Waals surface area contributed by atoms with E-state index in [4.69, 9.17) is 4.74 Å². The number of phenols is 1. The molecule has 3 N–H and O–H groups in total. The van der Waals surface area contributed by atoms with Crippen molar-refractivity contribution in [1.82, 2.24) is 10.6 Å². The van der Waals surface area contributed by atoms with Gasteiger partial charge in [0, 0.05) is 19.1 Å². The molecule has 120 valence electrons. The van der Waals surface area contributed by atoms with E-state index in [0.29, 0.717) is 18.3 Å². The van der Waals surface area contributed by atoms with Crippen LogP contribution in [0, 0.1) is 0 Å². The minimum absolute atomic E-state index is 0.165. The SMILES string of the molecule is CCNC(=NCCc1ccc(O)c(OC)c1)NC1CC=CC1. The third-order valence-electron chi connectivity index (χ3n) is 3.61. The Morgan fingerprint density at radius 1 is 1.36 bits per heavy atom. The highest BCUT2D eigenvalue weighted by Crippen LogP contribution is 2.26. The Hall–Kier alpha value is -2.17. The number of guanidine groups is 1. The van der Waals surface area contributed by atoms with Gasteiger partial charge >= 0.3 is 0 Å². The smallest absolute Gasteiger partial charge is 0.191 e. The second-order valence-electron chi connectivity index (χ2n) is 5.30. The number of phenolic OH excluding ortho intramolecular Hbond substituents is 1. The Labute approximate surface area is 132 Å². The number of aromatic hydroxyl groups is 1. The number of rotatable bonds is 6. The number of ether oxygens (including phenoxy) is 1. The highest BCUT2D eigenvalue weighted by molar-refractivity contribution is 5.80. The summed E-state index contributed by atoms with van der Waals surface area (Å²) in [5.41, 5.74) is 1.09. The number of hydrogen-bond acceptors (Lipinski definition) is 3. The van der Waals surface area contributed by atoms with Crippen LogP contribution in [0.3, 0.4) is 0 Å². The molecule has 0 atom stereocenters. The van der Waals surface area contributed by atoms with Crippen molar-refractivity contribution >= 4 is 5.96 Å². The van der Waals surface area contributed by atoms with E-state index in [0.717, 1.165) is 37.3 Å². The van der Waals surface area contributed by atoms with Gasteiger partial charge in [0.05, 0.1) is 7.11 Å². The number of nitrogens with zero attached hydrogens (tertiary/aromatic N) is 1. The van der Waals surface area contributed by atoms with E-state index in [2.05, 4.69) is 34.7 Å². The van der Waals surface area contributed by atoms with Gasteiger partial charge in [-0.15, -0.1) is 0 Å². The summed E-state index contributed by atoms with van der Waals surface area (Å²) in [5, 5.41) is 16.3. The molecule has 0 radical (unpaired) electrons. The number of hydrogen-bond donors (Lipinski definition) is 3. The summed E-state index contributed by atoms with van der Waals surface area (Å²) in [4.78, 5) is 4.61. The second-order valence-corrected chi connectivity index (χ2v) is 5.30. The van der Waals surface area contributed by atoms with Crippen molar-refractivity contribution in [3.8, 4) is 11.5 Å². The Balaban J connectivity index is 1.89. The number of benzene rings is 1. The molecule has 0 aromatic heterocycles. The molecule has 0 amide bonds. The molecule has 1 aliphatic carbocycles. The molecule has 5 nitrogen and oxygen atoms in total. The fourth-order valence-corrected chi connectivity index (χ4v) is 2.42. The maximum Gasteiger partial charge on any atom is 0.191 e. The van der Waals surface area contributed by atoms with Crippen LogP contribution >= 0.6 is 0 Å². The Morgan fingerprint density at radius 2 is 2.14 bits per heavy atom. The highest BCUT2D eigenvalue weighted by atomic mass is 16.5. The maximum atomic E-state index is 9.60. The van der Waals surface area contributed by atoms with Gasteiger partial charge in [0.2, 0.25) is 0 Å². The lowest BCUT2D eigenvalue weighted by atomic mass is 10.1. The molecule has 0 bridgehead atoms. The van der Waals surface area contributed by atoms with Gasteiger partial charge < -0.3 is 20.5 Å². The van der Waals surface area contributed by atoms with E-state index >= 15 is 0 Å². The van der Waals surface area contributed by atoms with Crippen molar-refractivity contribution in [3.05, 3.63) is 35.9 Å². The summed E-state index contributed by atoms with van der Waals surface area (Å²) in [5.74, 6) is 1.53. The lowest BCUT2D eigenvalue weighted by Crippen LogP contribution is -2.42. The van der Waals surface area contributed by atoms with Crippen molar-refractivity contribution in [1.29, 1.82) is 0 Å². The lowest BCUT2D eigenvalue weighted by Gasteiger charge is -2.16. The number of aliphatic imine (C=N–C) groups is 1. The first-order valence-corrected chi connectivity index (χ1v) is 7.78. The second kappa shape index (κ2) is 8.32. The molecule has 0 saturated carbocycles. The van der Waals surface area contributed by atoms with Crippen LogP contribution < -0.4 is 15.4 Å². The first-order valence-electron chi connectivity index (χ1n) is 7.78. The van der Waals surface area contributed by atoms with Gasteiger partial charge in [0.15, 0.2) is 17.5 Å². The van der Waals surface area contributed by atoms with Crippen molar-refractivity contribution < 1.29 is 9.84 Å². The third-order valence-corrected chi connectivity index (χ3v) is 3.61. The normalized spacial score (nSPS) is 15.1. The highest BCUT2D eigenvalue weighted by Gasteiger charge is 2.11. The summed E-state index contributed by atoms with van der Waals surface area (Å²) in [6, 6.07) is 5.86. The molecule has 1 aromatic rings. The predicted molar refractivity (Wildman–Crippen MR) is 89.6 cm³/mol. The van der Waals surface area contributed by atoms with Crippen LogP contribution in [0.5, 0.6) is 11.5 Å². The third kappa shape index (κ3) is 4.69. The zero-order chi connectivity index (χ0) is 15.8. The van der Waals surface area contributed by atoms with Crippen molar-refractivity contribution in [2.75, 3.05) is 20.2 Å². The molecule has 0 heterocycles. The molecular weight excluding hydrogens is 278 g/mol. The van der Waals surface area contributed by atoms with Crippen LogP contribution in [0.25, 0.3) is 0 Å². The van der Waals surface area contributed by atoms with Gasteiger partial charge in [-0.05, 0) is 43.9 Å². The molecule has 0 saturated heterocycles. The standard InChI is InChI=1S/C17H25N3O2/c1-3-18-17(20-14-6-4-5-7-14)19-11-10-13-8-9-15(21)16(12-13)22-2/h4-5,8-9,12,14,21H,3,6-7,10-11H2,1-2H3,(H2,18,19,20). The van der Waals surface area contributed by atoms with E-state index in [9.17, 15) is 5.11 Å². The van der Waals surface area contributed by atoms with Gasteiger partial charge in [-0.1, -0.05) is 18.2 Å². The van der Waals surface area contributed by atoms with E-state index in [1.807, 2.05) is 12.1 Å². The predicted octanol–water partition coefficient (Wildman–Crippen LogP) is 2.22. The van der Waals surface area contributed by atoms with Crippen LogP contribution in [0.4, 0.5) is 0 Å². The molecular formula is C17H25N3O2. The minimum Gasteiger partial charge on any atom is -0.504 e. The zero-order valence-corrected chi connectivity index (χ0v) is 13.3. The molecule has 0 fully saturated rings. The van der Waals surface area contributed by atoms with Crippen LogP contribution in [0.2, 0.25) is 0 Å². The quantitative estimate of drug-likeness (QED) is 0.428. The van der Waals surface area contributed by atoms with Gasteiger partial charge in [-0.25, -0.2) is 0 Å². The maximum absolute atomic E-state index is 9.60. The Morgan fingerprint density at radius 3 is 2.82 bits per heavy atom. The largest absolute Gasteiger partial charge is 0.504 e. The van der Waals surface area contributed by atoms with Gasteiger partial charge in [-0.2, -0.15) is 0 Å². The summed E-state index contributed by atoms with van der Waals surface area (Å²) < 4.78 is 5.12. The van der Waals surface area contributed by atoms with Crippen molar-refractivity contribution in [2.24, 2.45) is 4.99 Å². The molecule has 22 heavy (non-hydrogen) atoms. The molecule has 1 aromatic carbocycles. The van der Waals surface area contributed by atoms with Crippen LogP contribution in [0.1, 0.15) is 25.3 Å². The van der Waals surface area contributed by atoms with Gasteiger partial charge in [0.1, 0.15) is 0 Å². The lowest BCUT2D eigenvalue weighted by molar-refractivity contribution is 0.373. The summed E-state index contributed by atoms with van der Waals surface area (Å²) in [6.07, 6.45) is 7.31. The minimum atomic E-state index is 0.165. The average Bonchev–Trinajstić information content (AvgIpc) is 3.02. The Kier molecular flexibility index (Phi) is 6.13. The molecule has 0 spiro atoms. The number of methoxy groups -OCH3 is 1. The van der Waals surface area contributed by atoms with E-state index in [1.54, 1.807) is 13.2 Å². The number of nitrogens with one attached hydrogen (secondary N) is 2. The van der Waals surface area contributed by atoms with E-state index < -0.39 is 0 Å². The fourth-order valence-electron chi connectivity index (χ4n) is 2.42. The average molecular weight is 303 g/mol. The molecule has 1 aliphatic rings. The van der Waals surface area contributed by atoms with Crippen LogP contribution in [0.15, 0.2) is 35.3 Å². The first kappa shape index (κ1) is 16.2. The molecule has 0 aliphatic heterocycles. The van der Waals surface area contributed by atoms with E-state index in [1.165, 1.54) is 0 Å². The van der Waals surface area contributed by atoms with Gasteiger partial charge in [0.25, 0.3) is 0 Å². The summed E-state index contributed by atoms with van der Waals surface area (Å²) in [6.45, 7) is 3.59. The fraction of sp³-hybridized carbons (Fsp3) is 0.471. The van der Waals surface area contributed by atoms with Gasteiger partial charge in [-0.3, -0.25) is 4.99 Å². The summed E-state index contributed by atoms with van der Waals surface area (Å²) in [7, 11) is 1.56. The van der Waals surface area contributed by atoms with Crippen molar-refractivity contribution in [2.45, 2.75) is 32.2 Å². The van der Waals surface area contributed by atoms with Crippen molar-refractivity contribution in [3.63, 3.8) is 0 Å². The van der Waals surface area contributed by atoms with E-state index in [-0.39, 0.29) is 5.75 Å². The topological polar surface area (TPSA) is 65.9 Å². The summed E-state index contributed by atoms with van der Waals surface area (Å²) >= 11 is 0. The molecule has 5 heteroatoms. The Bertz CT molecular complexity index is 533.